The number of benzene rings is 1. The number of carboxylic acid groups (broad SMARTS) is 1. The molecule has 5 heteroatoms. The van der Waals surface area contributed by atoms with Crippen molar-refractivity contribution in [1.29, 1.82) is 0 Å². The summed E-state index contributed by atoms with van der Waals surface area (Å²) in [5.41, 5.74) is 0.504. The summed E-state index contributed by atoms with van der Waals surface area (Å²) in [4.78, 5) is 24.7. The van der Waals surface area contributed by atoms with Crippen LogP contribution in [0.4, 0.5) is 0 Å². The Morgan fingerprint density at radius 1 is 1.27 bits per heavy atom. The van der Waals surface area contributed by atoms with Gasteiger partial charge in [-0.25, -0.2) is 0 Å². The lowest BCUT2D eigenvalue weighted by atomic mass is 10.1. The summed E-state index contributed by atoms with van der Waals surface area (Å²) in [7, 11) is 0. The molecule has 1 amide bonds. The quantitative estimate of drug-likeness (QED) is 0.802. The fourth-order valence-corrected chi connectivity index (χ4v) is 2.17. The lowest BCUT2D eigenvalue weighted by Crippen LogP contribution is -2.37. The Morgan fingerprint density at radius 3 is 2.41 bits per heavy atom. The number of hydrogen-bond donors (Lipinski definition) is 1. The van der Waals surface area contributed by atoms with E-state index >= 15 is 0 Å². The van der Waals surface area contributed by atoms with Crippen LogP contribution < -0.4 is 4.74 Å². The molecule has 1 saturated carbocycles. The van der Waals surface area contributed by atoms with Crippen LogP contribution in [0.1, 0.15) is 43.5 Å². The average Bonchev–Trinajstić information content (AvgIpc) is 3.29. The van der Waals surface area contributed by atoms with Gasteiger partial charge in [0.25, 0.3) is 5.91 Å². The fourth-order valence-electron chi connectivity index (χ4n) is 2.17. The third kappa shape index (κ3) is 4.76. The number of carboxylic acids is 1. The minimum absolute atomic E-state index is 0.0746. The summed E-state index contributed by atoms with van der Waals surface area (Å²) in [5.74, 6) is 0.116. The van der Waals surface area contributed by atoms with E-state index in [2.05, 4.69) is 13.8 Å². The summed E-state index contributed by atoms with van der Waals surface area (Å²) in [6.45, 7) is 4.69. The van der Waals surface area contributed by atoms with Gasteiger partial charge in [-0.3, -0.25) is 9.59 Å². The molecule has 0 radical (unpaired) electrons. The first kappa shape index (κ1) is 16.3. The van der Waals surface area contributed by atoms with Crippen molar-refractivity contribution in [2.24, 2.45) is 5.92 Å². The molecule has 22 heavy (non-hydrogen) atoms. The number of nitrogens with zero attached hydrogens (tertiary/aromatic N) is 1. The first-order valence-electron chi connectivity index (χ1n) is 7.73. The summed E-state index contributed by atoms with van der Waals surface area (Å²) in [6.07, 6.45) is 2.75. The highest BCUT2D eigenvalue weighted by Crippen LogP contribution is 2.28. The third-order valence-corrected chi connectivity index (χ3v) is 3.62. The highest BCUT2D eigenvalue weighted by Gasteiger charge is 2.34. The molecule has 1 aromatic carbocycles. The van der Waals surface area contributed by atoms with Crippen molar-refractivity contribution in [3.63, 3.8) is 0 Å². The fraction of sp³-hybridized carbons (Fsp3) is 0.529. The zero-order valence-corrected chi connectivity index (χ0v) is 13.1. The average molecular weight is 305 g/mol. The highest BCUT2D eigenvalue weighted by atomic mass is 16.5. The van der Waals surface area contributed by atoms with E-state index in [9.17, 15) is 9.59 Å². The number of rotatable bonds is 8. The minimum Gasteiger partial charge on any atom is -0.494 e. The van der Waals surface area contributed by atoms with Gasteiger partial charge in [-0.15, -0.1) is 0 Å². The SMILES string of the molecule is CC(C)CCOc1ccc(C(=O)N(CC(=O)O)C2CC2)cc1. The van der Waals surface area contributed by atoms with Crippen molar-refractivity contribution in [3.05, 3.63) is 29.8 Å². The van der Waals surface area contributed by atoms with E-state index in [0.29, 0.717) is 18.1 Å². The van der Waals surface area contributed by atoms with Gasteiger partial charge in [0.1, 0.15) is 12.3 Å². The number of carbonyl (C=O) groups excluding carboxylic acids is 1. The lowest BCUT2D eigenvalue weighted by Gasteiger charge is -2.20. The molecular formula is C17H23NO4. The molecule has 1 fully saturated rings. The molecule has 0 atom stereocenters. The Kier molecular flexibility index (Phi) is 5.41. The maximum absolute atomic E-state index is 12.4. The van der Waals surface area contributed by atoms with Crippen molar-refractivity contribution in [2.45, 2.75) is 39.2 Å². The van der Waals surface area contributed by atoms with Crippen LogP contribution in [-0.4, -0.2) is 41.1 Å². The molecule has 1 N–H and O–H groups in total. The van der Waals surface area contributed by atoms with Crippen LogP contribution in [0, 0.1) is 5.92 Å². The molecule has 0 spiro atoms. The highest BCUT2D eigenvalue weighted by molar-refractivity contribution is 5.96. The van der Waals surface area contributed by atoms with Crippen molar-refractivity contribution in [1.82, 2.24) is 4.90 Å². The van der Waals surface area contributed by atoms with Gasteiger partial charge in [0.15, 0.2) is 0 Å². The van der Waals surface area contributed by atoms with E-state index in [-0.39, 0.29) is 18.5 Å². The van der Waals surface area contributed by atoms with E-state index in [1.807, 2.05) is 0 Å². The first-order chi connectivity index (χ1) is 10.5. The topological polar surface area (TPSA) is 66.8 Å². The van der Waals surface area contributed by atoms with Crippen LogP contribution >= 0.6 is 0 Å². The number of hydrogen-bond acceptors (Lipinski definition) is 3. The van der Waals surface area contributed by atoms with Gasteiger partial charge >= 0.3 is 5.97 Å². The Labute approximate surface area is 130 Å². The zero-order chi connectivity index (χ0) is 16.1. The van der Waals surface area contributed by atoms with Gasteiger partial charge in [0.05, 0.1) is 6.61 Å². The van der Waals surface area contributed by atoms with Crippen LogP contribution in [0.3, 0.4) is 0 Å². The molecule has 2 rings (SSSR count). The van der Waals surface area contributed by atoms with Crippen molar-refractivity contribution in [2.75, 3.05) is 13.2 Å². The normalized spacial score (nSPS) is 14.0. The van der Waals surface area contributed by atoms with Crippen LogP contribution in [0.25, 0.3) is 0 Å². The number of carbonyl (C=O) groups is 2. The van der Waals surface area contributed by atoms with Gasteiger partial charge < -0.3 is 14.7 Å². The molecule has 0 unspecified atom stereocenters. The predicted molar refractivity (Wildman–Crippen MR) is 83.1 cm³/mol. The van der Waals surface area contributed by atoms with Crippen LogP contribution in [0.15, 0.2) is 24.3 Å². The standard InChI is InChI=1S/C17H23NO4/c1-12(2)9-10-22-15-7-3-13(4-8-15)17(21)18(11-16(19)20)14-5-6-14/h3-4,7-8,12,14H,5-6,9-11H2,1-2H3,(H,19,20). The molecule has 1 aromatic rings. The third-order valence-electron chi connectivity index (χ3n) is 3.62. The Morgan fingerprint density at radius 2 is 1.91 bits per heavy atom. The van der Waals surface area contributed by atoms with E-state index < -0.39 is 5.97 Å². The molecule has 0 aromatic heterocycles. The number of aliphatic carboxylic acids is 1. The molecule has 0 aliphatic heterocycles. The van der Waals surface area contributed by atoms with E-state index in [4.69, 9.17) is 9.84 Å². The Balaban J connectivity index is 1.96. The summed E-state index contributed by atoms with van der Waals surface area (Å²) in [5, 5.41) is 8.93. The maximum Gasteiger partial charge on any atom is 0.323 e. The van der Waals surface area contributed by atoms with Gasteiger partial charge in [0, 0.05) is 11.6 Å². The first-order valence-corrected chi connectivity index (χ1v) is 7.73. The number of amides is 1. The molecular weight excluding hydrogens is 282 g/mol. The minimum atomic E-state index is -0.978. The molecule has 0 bridgehead atoms. The van der Waals surface area contributed by atoms with Crippen molar-refractivity contribution < 1.29 is 19.4 Å². The van der Waals surface area contributed by atoms with Gasteiger partial charge in [-0.1, -0.05) is 13.8 Å². The number of ether oxygens (including phenoxy) is 1. The molecule has 1 aliphatic rings. The maximum atomic E-state index is 12.4. The van der Waals surface area contributed by atoms with Crippen LogP contribution in [0.2, 0.25) is 0 Å². The van der Waals surface area contributed by atoms with Crippen LogP contribution in [0.5, 0.6) is 5.75 Å². The predicted octanol–water partition coefficient (Wildman–Crippen LogP) is 2.80. The smallest absolute Gasteiger partial charge is 0.323 e. The molecule has 0 heterocycles. The molecule has 5 nitrogen and oxygen atoms in total. The second-order valence-electron chi connectivity index (χ2n) is 6.11. The lowest BCUT2D eigenvalue weighted by molar-refractivity contribution is -0.137. The van der Waals surface area contributed by atoms with Crippen LogP contribution in [-0.2, 0) is 4.79 Å². The second-order valence-corrected chi connectivity index (χ2v) is 6.11. The summed E-state index contributed by atoms with van der Waals surface area (Å²) in [6, 6.07) is 7.00. The molecule has 120 valence electrons. The molecule has 1 aliphatic carbocycles. The van der Waals surface area contributed by atoms with Crippen molar-refractivity contribution in [3.8, 4) is 5.75 Å². The summed E-state index contributed by atoms with van der Waals surface area (Å²) >= 11 is 0. The van der Waals surface area contributed by atoms with E-state index in [0.717, 1.165) is 25.0 Å². The van der Waals surface area contributed by atoms with Gasteiger partial charge in [0.2, 0.25) is 0 Å². The zero-order valence-electron chi connectivity index (χ0n) is 13.1. The monoisotopic (exact) mass is 305 g/mol. The van der Waals surface area contributed by atoms with E-state index in [1.165, 1.54) is 4.90 Å². The Hall–Kier alpha value is -2.04. The molecule has 0 saturated heterocycles. The largest absolute Gasteiger partial charge is 0.494 e. The van der Waals surface area contributed by atoms with Crippen molar-refractivity contribution >= 4 is 11.9 Å². The second kappa shape index (κ2) is 7.29. The Bertz CT molecular complexity index is 520. The van der Waals surface area contributed by atoms with Gasteiger partial charge in [-0.05, 0) is 49.4 Å². The summed E-state index contributed by atoms with van der Waals surface area (Å²) < 4.78 is 5.62. The van der Waals surface area contributed by atoms with E-state index in [1.54, 1.807) is 24.3 Å². The van der Waals surface area contributed by atoms with Gasteiger partial charge in [-0.2, -0.15) is 0 Å².